The SMILES string of the molecule is CNC(=O)CC(=O)N(C)CCOCCCN(C)CC(C)C. The number of likely N-dealkylation sites (N-methyl/N-ethyl adjacent to an activating group) is 1. The first-order valence-electron chi connectivity index (χ1n) is 7.57. The molecule has 0 saturated heterocycles. The zero-order valence-electron chi connectivity index (χ0n) is 14.1. The Labute approximate surface area is 128 Å². The lowest BCUT2D eigenvalue weighted by Gasteiger charge is -2.19. The molecule has 21 heavy (non-hydrogen) atoms. The molecule has 6 nitrogen and oxygen atoms in total. The maximum Gasteiger partial charge on any atom is 0.231 e. The van der Waals surface area contributed by atoms with Crippen LogP contribution in [0.1, 0.15) is 26.7 Å². The van der Waals surface area contributed by atoms with E-state index in [2.05, 4.69) is 31.1 Å². The molecule has 6 heteroatoms. The van der Waals surface area contributed by atoms with Gasteiger partial charge in [-0.1, -0.05) is 13.8 Å². The molecule has 0 saturated carbocycles. The molecule has 0 spiro atoms. The van der Waals surface area contributed by atoms with Crippen molar-refractivity contribution in [1.82, 2.24) is 15.1 Å². The van der Waals surface area contributed by atoms with Crippen LogP contribution in [0.15, 0.2) is 0 Å². The van der Waals surface area contributed by atoms with Crippen molar-refractivity contribution >= 4 is 11.8 Å². The Morgan fingerprint density at radius 2 is 1.81 bits per heavy atom. The van der Waals surface area contributed by atoms with E-state index in [4.69, 9.17) is 4.74 Å². The van der Waals surface area contributed by atoms with Crippen molar-refractivity contribution in [3.05, 3.63) is 0 Å². The first kappa shape index (κ1) is 19.9. The maximum absolute atomic E-state index is 11.6. The number of rotatable bonds is 11. The maximum atomic E-state index is 11.6. The molecule has 0 fully saturated rings. The molecule has 124 valence electrons. The fraction of sp³-hybridized carbons (Fsp3) is 0.867. The summed E-state index contributed by atoms with van der Waals surface area (Å²) in [6.07, 6.45) is 0.881. The molecular formula is C15H31N3O3. The predicted octanol–water partition coefficient (Wildman–Crippen LogP) is 0.575. The molecule has 0 radical (unpaired) electrons. The Kier molecular flexibility index (Phi) is 10.9. The van der Waals surface area contributed by atoms with Gasteiger partial charge in [-0.3, -0.25) is 9.59 Å². The number of nitrogens with zero attached hydrogens (tertiary/aromatic N) is 2. The molecule has 0 aromatic heterocycles. The van der Waals surface area contributed by atoms with Crippen molar-refractivity contribution in [3.8, 4) is 0 Å². The summed E-state index contributed by atoms with van der Waals surface area (Å²) in [5.41, 5.74) is 0. The van der Waals surface area contributed by atoms with Gasteiger partial charge in [0.2, 0.25) is 11.8 Å². The van der Waals surface area contributed by atoms with Gasteiger partial charge in [0.25, 0.3) is 0 Å². The standard InChI is InChI=1S/C15H31N3O3/c1-13(2)12-17(4)7-6-9-21-10-8-18(5)15(20)11-14(19)16-3/h13H,6-12H2,1-5H3,(H,16,19). The van der Waals surface area contributed by atoms with E-state index in [0.717, 1.165) is 19.5 Å². The van der Waals surface area contributed by atoms with Crippen LogP contribution in [0.5, 0.6) is 0 Å². The number of carbonyl (C=O) groups excluding carboxylic acids is 2. The zero-order chi connectivity index (χ0) is 16.3. The summed E-state index contributed by atoms with van der Waals surface area (Å²) in [6, 6.07) is 0. The number of nitrogens with one attached hydrogen (secondary N) is 1. The Morgan fingerprint density at radius 3 is 2.38 bits per heavy atom. The summed E-state index contributed by atoms with van der Waals surface area (Å²) in [5.74, 6) is 0.228. The first-order valence-corrected chi connectivity index (χ1v) is 7.57. The number of hydrogen-bond acceptors (Lipinski definition) is 4. The third-order valence-corrected chi connectivity index (χ3v) is 3.09. The monoisotopic (exact) mass is 301 g/mol. The van der Waals surface area contributed by atoms with Crippen LogP contribution in [0.2, 0.25) is 0 Å². The highest BCUT2D eigenvalue weighted by atomic mass is 16.5. The van der Waals surface area contributed by atoms with Crippen molar-refractivity contribution in [2.45, 2.75) is 26.7 Å². The van der Waals surface area contributed by atoms with E-state index in [1.807, 2.05) is 0 Å². The van der Waals surface area contributed by atoms with E-state index in [9.17, 15) is 9.59 Å². The largest absolute Gasteiger partial charge is 0.380 e. The van der Waals surface area contributed by atoms with Gasteiger partial charge >= 0.3 is 0 Å². The van der Waals surface area contributed by atoms with E-state index in [-0.39, 0.29) is 18.2 Å². The van der Waals surface area contributed by atoms with Gasteiger partial charge < -0.3 is 19.9 Å². The second-order valence-electron chi connectivity index (χ2n) is 5.79. The van der Waals surface area contributed by atoms with Crippen molar-refractivity contribution in [2.75, 3.05) is 54.0 Å². The van der Waals surface area contributed by atoms with Crippen molar-refractivity contribution < 1.29 is 14.3 Å². The summed E-state index contributed by atoms with van der Waals surface area (Å²) < 4.78 is 5.52. The molecule has 0 aromatic rings. The summed E-state index contributed by atoms with van der Waals surface area (Å²) in [6.45, 7) is 8.24. The van der Waals surface area contributed by atoms with E-state index < -0.39 is 0 Å². The summed E-state index contributed by atoms with van der Waals surface area (Å²) in [7, 11) is 5.32. The number of amides is 2. The highest BCUT2D eigenvalue weighted by Gasteiger charge is 2.12. The summed E-state index contributed by atoms with van der Waals surface area (Å²) in [4.78, 5) is 26.5. The van der Waals surface area contributed by atoms with Crippen molar-refractivity contribution in [1.29, 1.82) is 0 Å². The van der Waals surface area contributed by atoms with Crippen LogP contribution < -0.4 is 5.32 Å². The van der Waals surface area contributed by atoms with Gasteiger partial charge in [0.05, 0.1) is 6.61 Å². The molecule has 2 amide bonds. The quantitative estimate of drug-likeness (QED) is 0.448. The van der Waals surface area contributed by atoms with Crippen molar-refractivity contribution in [2.24, 2.45) is 5.92 Å². The molecule has 0 heterocycles. The van der Waals surface area contributed by atoms with Gasteiger partial charge in [-0.05, 0) is 19.4 Å². The van der Waals surface area contributed by atoms with Crippen LogP contribution in [-0.4, -0.2) is 75.6 Å². The van der Waals surface area contributed by atoms with Gasteiger partial charge in [-0.15, -0.1) is 0 Å². The molecule has 0 bridgehead atoms. The third kappa shape index (κ3) is 11.2. The van der Waals surface area contributed by atoms with Gasteiger partial charge in [0.15, 0.2) is 0 Å². The lowest BCUT2D eigenvalue weighted by Crippen LogP contribution is -2.34. The minimum Gasteiger partial charge on any atom is -0.380 e. The third-order valence-electron chi connectivity index (χ3n) is 3.09. The number of ether oxygens (including phenoxy) is 1. The fourth-order valence-corrected chi connectivity index (χ4v) is 1.94. The Balaban J connectivity index is 3.58. The van der Waals surface area contributed by atoms with Crippen LogP contribution in [0, 0.1) is 5.92 Å². The second-order valence-corrected chi connectivity index (χ2v) is 5.79. The molecule has 0 unspecified atom stereocenters. The van der Waals surface area contributed by atoms with Crippen LogP contribution in [0.4, 0.5) is 0 Å². The van der Waals surface area contributed by atoms with Crippen LogP contribution in [-0.2, 0) is 14.3 Å². The van der Waals surface area contributed by atoms with Crippen molar-refractivity contribution in [3.63, 3.8) is 0 Å². The second kappa shape index (κ2) is 11.5. The molecule has 1 N–H and O–H groups in total. The minimum atomic E-state index is -0.263. The molecule has 0 aromatic carbocycles. The highest BCUT2D eigenvalue weighted by molar-refractivity contribution is 5.96. The first-order chi connectivity index (χ1) is 9.86. The summed E-state index contributed by atoms with van der Waals surface area (Å²) >= 11 is 0. The molecular weight excluding hydrogens is 270 g/mol. The molecule has 0 rings (SSSR count). The minimum absolute atomic E-state index is 0.104. The van der Waals surface area contributed by atoms with Gasteiger partial charge in [0.1, 0.15) is 6.42 Å². The predicted molar refractivity (Wildman–Crippen MR) is 84.1 cm³/mol. The van der Waals surface area contributed by atoms with E-state index in [1.54, 1.807) is 7.05 Å². The summed E-state index contributed by atoms with van der Waals surface area (Å²) in [5, 5.41) is 2.44. The average Bonchev–Trinajstić information content (AvgIpc) is 2.41. The molecule has 0 aliphatic rings. The number of hydrogen-bond donors (Lipinski definition) is 1. The lowest BCUT2D eigenvalue weighted by atomic mass is 10.2. The number of carbonyl (C=O) groups is 2. The van der Waals surface area contributed by atoms with E-state index in [0.29, 0.717) is 25.7 Å². The Morgan fingerprint density at radius 1 is 1.14 bits per heavy atom. The molecule has 0 atom stereocenters. The Hall–Kier alpha value is -1.14. The van der Waals surface area contributed by atoms with Gasteiger partial charge in [-0.25, -0.2) is 0 Å². The average molecular weight is 301 g/mol. The Bertz CT molecular complexity index is 309. The van der Waals surface area contributed by atoms with Crippen LogP contribution in [0.3, 0.4) is 0 Å². The zero-order valence-corrected chi connectivity index (χ0v) is 14.1. The van der Waals surface area contributed by atoms with E-state index >= 15 is 0 Å². The van der Waals surface area contributed by atoms with Gasteiger partial charge in [-0.2, -0.15) is 0 Å². The topological polar surface area (TPSA) is 61.9 Å². The normalized spacial score (nSPS) is 11.0. The van der Waals surface area contributed by atoms with E-state index in [1.165, 1.54) is 11.9 Å². The fourth-order valence-electron chi connectivity index (χ4n) is 1.94. The van der Waals surface area contributed by atoms with Crippen LogP contribution in [0.25, 0.3) is 0 Å². The smallest absolute Gasteiger partial charge is 0.231 e. The van der Waals surface area contributed by atoms with Crippen LogP contribution >= 0.6 is 0 Å². The van der Waals surface area contributed by atoms with Gasteiger partial charge in [0, 0.05) is 40.3 Å². The highest BCUT2D eigenvalue weighted by Crippen LogP contribution is 1.97. The molecule has 0 aliphatic carbocycles. The lowest BCUT2D eigenvalue weighted by molar-refractivity contribution is -0.135. The molecule has 0 aliphatic heterocycles.